The number of hydrogen-bond acceptors (Lipinski definition) is 5. The molecule has 2 aromatic heterocycles. The minimum Gasteiger partial charge on any atom is -0.369 e. The lowest BCUT2D eigenvalue weighted by molar-refractivity contribution is -0.124. The van der Waals surface area contributed by atoms with E-state index in [2.05, 4.69) is 17.6 Å². The molecule has 2 rings (SSSR count). The minimum atomic E-state index is -0.587. The molecular formula is C20H29N5O3. The van der Waals surface area contributed by atoms with Gasteiger partial charge in [-0.05, 0) is 36.6 Å². The molecule has 0 spiro atoms. The summed E-state index contributed by atoms with van der Waals surface area (Å²) < 4.78 is 1.96. The number of aromatic nitrogens is 2. The normalized spacial score (nSPS) is 11.1. The third kappa shape index (κ3) is 6.09. The molecule has 0 aromatic carbocycles. The van der Waals surface area contributed by atoms with Gasteiger partial charge in [-0.1, -0.05) is 26.2 Å². The number of carbonyl (C=O) groups is 2. The maximum atomic E-state index is 11.5. The molecule has 0 bridgehead atoms. The molecule has 4 N–H and O–H groups in total. The fourth-order valence-corrected chi connectivity index (χ4v) is 2.92. The van der Waals surface area contributed by atoms with Crippen LogP contribution >= 0.6 is 0 Å². The molecule has 28 heavy (non-hydrogen) atoms. The molecule has 0 saturated carbocycles. The van der Waals surface area contributed by atoms with E-state index in [-0.39, 0.29) is 5.91 Å². The highest BCUT2D eigenvalue weighted by atomic mass is 16.5. The maximum absolute atomic E-state index is 11.5. The fraction of sp³-hybridized carbons (Fsp3) is 0.450. The molecule has 0 unspecified atom stereocenters. The highest BCUT2D eigenvalue weighted by Gasteiger charge is 2.12. The summed E-state index contributed by atoms with van der Waals surface area (Å²) >= 11 is 0. The summed E-state index contributed by atoms with van der Waals surface area (Å²) in [7, 11) is 1.63. The summed E-state index contributed by atoms with van der Waals surface area (Å²) in [6.45, 7) is 2.70. The average molecular weight is 387 g/mol. The van der Waals surface area contributed by atoms with Crippen molar-refractivity contribution in [1.29, 1.82) is 0 Å². The standard InChI is InChI=1S/C20H29N5O3/c1-3-4-5-6-7-16-20(22-12-10-18(26)21-2)25-13-11-15(14-17(25)23-16)8-9-19(27)24-28/h8-9,11,13-14,22,28H,3-7,10,12H2,1-2H3,(H,21,26)(H,24,27). The first kappa shape index (κ1) is 21.4. The van der Waals surface area contributed by atoms with Crippen LogP contribution in [0.3, 0.4) is 0 Å². The monoisotopic (exact) mass is 387 g/mol. The zero-order chi connectivity index (χ0) is 20.4. The largest absolute Gasteiger partial charge is 0.369 e. The second-order valence-corrected chi connectivity index (χ2v) is 6.57. The van der Waals surface area contributed by atoms with Crippen molar-refractivity contribution in [2.24, 2.45) is 0 Å². The topological polar surface area (TPSA) is 108 Å². The molecule has 0 aliphatic rings. The van der Waals surface area contributed by atoms with Gasteiger partial charge in [0.2, 0.25) is 5.91 Å². The van der Waals surface area contributed by atoms with E-state index in [1.165, 1.54) is 18.9 Å². The molecule has 0 fully saturated rings. The van der Waals surface area contributed by atoms with Gasteiger partial charge in [-0.2, -0.15) is 0 Å². The Morgan fingerprint density at radius 2 is 2.11 bits per heavy atom. The van der Waals surface area contributed by atoms with E-state index in [1.807, 2.05) is 22.7 Å². The van der Waals surface area contributed by atoms with Gasteiger partial charge in [0.15, 0.2) is 0 Å². The van der Waals surface area contributed by atoms with Crippen LogP contribution in [0.4, 0.5) is 5.82 Å². The predicted octanol–water partition coefficient (Wildman–Crippen LogP) is 2.52. The van der Waals surface area contributed by atoms with Gasteiger partial charge >= 0.3 is 0 Å². The summed E-state index contributed by atoms with van der Waals surface area (Å²) in [5, 5.41) is 14.5. The molecule has 152 valence electrons. The second-order valence-electron chi connectivity index (χ2n) is 6.57. The van der Waals surface area contributed by atoms with Gasteiger partial charge in [0.25, 0.3) is 5.91 Å². The van der Waals surface area contributed by atoms with Gasteiger partial charge in [-0.3, -0.25) is 19.2 Å². The molecule has 0 saturated heterocycles. The lowest BCUT2D eigenvalue weighted by Gasteiger charge is -2.08. The van der Waals surface area contributed by atoms with E-state index < -0.39 is 5.91 Å². The minimum absolute atomic E-state index is 0.0135. The van der Waals surface area contributed by atoms with Crippen LogP contribution in [0, 0.1) is 0 Å². The molecule has 0 radical (unpaired) electrons. The van der Waals surface area contributed by atoms with E-state index in [0.717, 1.165) is 42.0 Å². The summed E-state index contributed by atoms with van der Waals surface area (Å²) in [5.74, 6) is 0.302. The van der Waals surface area contributed by atoms with Crippen molar-refractivity contribution in [2.75, 3.05) is 18.9 Å². The number of nitrogens with one attached hydrogen (secondary N) is 3. The lowest BCUT2D eigenvalue weighted by atomic mass is 10.1. The molecular weight excluding hydrogens is 358 g/mol. The fourth-order valence-electron chi connectivity index (χ4n) is 2.92. The number of imidazole rings is 1. The zero-order valence-electron chi connectivity index (χ0n) is 16.5. The quantitative estimate of drug-likeness (QED) is 0.205. The summed E-state index contributed by atoms with van der Waals surface area (Å²) in [6, 6.07) is 3.74. The van der Waals surface area contributed by atoms with E-state index in [0.29, 0.717) is 13.0 Å². The number of unbranched alkanes of at least 4 members (excludes halogenated alkanes) is 3. The highest BCUT2D eigenvalue weighted by molar-refractivity contribution is 5.90. The average Bonchev–Trinajstić information content (AvgIpc) is 3.05. The van der Waals surface area contributed by atoms with E-state index in [1.54, 1.807) is 18.6 Å². The molecule has 0 aliphatic carbocycles. The van der Waals surface area contributed by atoms with Crippen LogP contribution in [0.15, 0.2) is 24.4 Å². The van der Waals surface area contributed by atoms with Gasteiger partial charge in [-0.15, -0.1) is 0 Å². The van der Waals surface area contributed by atoms with Crippen LogP contribution < -0.4 is 16.1 Å². The maximum Gasteiger partial charge on any atom is 0.267 e. The molecule has 8 nitrogen and oxygen atoms in total. The Bertz CT molecular complexity index is 829. The van der Waals surface area contributed by atoms with E-state index in [4.69, 9.17) is 10.2 Å². The first-order chi connectivity index (χ1) is 13.6. The second kappa shape index (κ2) is 11.1. The molecule has 0 aliphatic heterocycles. The van der Waals surface area contributed by atoms with Gasteiger partial charge in [-0.25, -0.2) is 10.5 Å². The zero-order valence-corrected chi connectivity index (χ0v) is 16.5. The SMILES string of the molecule is CCCCCCc1nc2cc(C=CC(=O)NO)ccn2c1NCCC(=O)NC. The van der Waals surface area contributed by atoms with Crippen molar-refractivity contribution < 1.29 is 14.8 Å². The molecule has 2 amide bonds. The first-order valence-electron chi connectivity index (χ1n) is 9.66. The van der Waals surface area contributed by atoms with Gasteiger partial charge in [0, 0.05) is 32.3 Å². The lowest BCUT2D eigenvalue weighted by Crippen LogP contribution is -2.21. The van der Waals surface area contributed by atoms with Gasteiger partial charge < -0.3 is 10.6 Å². The Morgan fingerprint density at radius 3 is 2.82 bits per heavy atom. The van der Waals surface area contributed by atoms with Crippen molar-refractivity contribution in [1.82, 2.24) is 20.2 Å². The Hall–Kier alpha value is -2.87. The molecule has 2 aromatic rings. The number of aryl methyl sites for hydroxylation is 1. The van der Waals surface area contributed by atoms with Crippen LogP contribution in [0.5, 0.6) is 0 Å². The number of rotatable bonds is 11. The Morgan fingerprint density at radius 1 is 1.29 bits per heavy atom. The van der Waals surface area contributed by atoms with Crippen LogP contribution in [-0.4, -0.2) is 40.0 Å². The smallest absolute Gasteiger partial charge is 0.267 e. The number of amides is 2. The van der Waals surface area contributed by atoms with Crippen molar-refractivity contribution in [3.63, 3.8) is 0 Å². The Kier molecular flexibility index (Phi) is 8.48. The number of pyridine rings is 1. The number of carbonyl (C=O) groups excluding carboxylic acids is 2. The highest BCUT2D eigenvalue weighted by Crippen LogP contribution is 2.22. The number of hydroxylamine groups is 1. The predicted molar refractivity (Wildman–Crippen MR) is 109 cm³/mol. The number of hydrogen-bond donors (Lipinski definition) is 4. The van der Waals surface area contributed by atoms with Gasteiger partial charge in [0.05, 0.1) is 5.69 Å². The number of anilines is 1. The first-order valence-corrected chi connectivity index (χ1v) is 9.66. The van der Waals surface area contributed by atoms with E-state index in [9.17, 15) is 9.59 Å². The van der Waals surface area contributed by atoms with Gasteiger partial charge in [0.1, 0.15) is 11.5 Å². The van der Waals surface area contributed by atoms with Crippen molar-refractivity contribution in [3.05, 3.63) is 35.7 Å². The number of fused-ring (bicyclic) bond motifs is 1. The van der Waals surface area contributed by atoms with Crippen LogP contribution in [0.25, 0.3) is 11.7 Å². The summed E-state index contributed by atoms with van der Waals surface area (Å²) in [4.78, 5) is 27.4. The van der Waals surface area contributed by atoms with Crippen molar-refractivity contribution >= 4 is 29.4 Å². The third-order valence-electron chi connectivity index (χ3n) is 4.45. The Labute approximate surface area is 165 Å². The van der Waals surface area contributed by atoms with Crippen LogP contribution in [0.2, 0.25) is 0 Å². The molecule has 8 heteroatoms. The molecule has 2 heterocycles. The van der Waals surface area contributed by atoms with E-state index >= 15 is 0 Å². The third-order valence-corrected chi connectivity index (χ3v) is 4.45. The summed E-state index contributed by atoms with van der Waals surface area (Å²) in [6.07, 6.45) is 10.6. The Balaban J connectivity index is 2.23. The number of nitrogens with zero attached hydrogens (tertiary/aromatic N) is 2. The van der Waals surface area contributed by atoms with Crippen LogP contribution in [0.1, 0.15) is 50.3 Å². The van der Waals surface area contributed by atoms with Crippen molar-refractivity contribution in [2.45, 2.75) is 45.4 Å². The summed E-state index contributed by atoms with van der Waals surface area (Å²) in [5.41, 5.74) is 4.11. The molecule has 0 atom stereocenters. The van der Waals surface area contributed by atoms with Crippen molar-refractivity contribution in [3.8, 4) is 0 Å². The van der Waals surface area contributed by atoms with Crippen LogP contribution in [-0.2, 0) is 16.0 Å².